The van der Waals surface area contributed by atoms with E-state index in [1.54, 1.807) is 0 Å². The van der Waals surface area contributed by atoms with E-state index in [0.717, 1.165) is 51.4 Å². The third-order valence-corrected chi connectivity index (χ3v) is 6.27. The van der Waals surface area contributed by atoms with Gasteiger partial charge in [-0.25, -0.2) is 4.79 Å². The highest BCUT2D eigenvalue weighted by Gasteiger charge is 2.62. The number of ether oxygens (including phenoxy) is 5. The molecule has 0 aromatic rings. The van der Waals surface area contributed by atoms with Crippen molar-refractivity contribution in [2.24, 2.45) is 0 Å². The van der Waals surface area contributed by atoms with Gasteiger partial charge >= 0.3 is 5.97 Å². The molecule has 2 aliphatic carbocycles. The van der Waals surface area contributed by atoms with Crippen LogP contribution in [0.3, 0.4) is 0 Å². The van der Waals surface area contributed by atoms with Crippen molar-refractivity contribution in [1.29, 1.82) is 0 Å². The minimum absolute atomic E-state index is 0.246. The summed E-state index contributed by atoms with van der Waals surface area (Å²) in [5.41, 5.74) is 0. The summed E-state index contributed by atoms with van der Waals surface area (Å²) >= 11 is 0. The predicted molar refractivity (Wildman–Crippen MR) is 82.1 cm³/mol. The van der Waals surface area contributed by atoms with E-state index in [9.17, 15) is 4.79 Å². The molecule has 5 rings (SSSR count). The van der Waals surface area contributed by atoms with Crippen molar-refractivity contribution in [1.82, 2.24) is 0 Å². The van der Waals surface area contributed by atoms with Crippen LogP contribution in [0.4, 0.5) is 0 Å². The van der Waals surface area contributed by atoms with Crippen LogP contribution in [0.1, 0.15) is 64.2 Å². The van der Waals surface area contributed by atoms with Gasteiger partial charge in [0, 0.05) is 25.7 Å². The summed E-state index contributed by atoms with van der Waals surface area (Å²) in [5, 5.41) is 0. The minimum Gasteiger partial charge on any atom is -0.455 e. The molecule has 0 aromatic heterocycles. The third-order valence-electron chi connectivity index (χ3n) is 6.27. The maximum atomic E-state index is 12.3. The number of hydrogen-bond donors (Lipinski definition) is 0. The molecule has 134 valence electrons. The van der Waals surface area contributed by atoms with Crippen molar-refractivity contribution in [3.8, 4) is 0 Å². The fraction of sp³-hybridized carbons (Fsp3) is 0.944. The highest BCUT2D eigenvalue weighted by Crippen LogP contribution is 2.47. The molecule has 2 spiro atoms. The Morgan fingerprint density at radius 3 is 2.12 bits per heavy atom. The van der Waals surface area contributed by atoms with E-state index in [0.29, 0.717) is 6.61 Å². The number of hydrogen-bond acceptors (Lipinski definition) is 6. The average Bonchev–Trinajstić information content (AvgIpc) is 3.24. The minimum atomic E-state index is -0.598. The van der Waals surface area contributed by atoms with Crippen LogP contribution in [0, 0.1) is 0 Å². The number of fused-ring (bicyclic) bond motifs is 1. The van der Waals surface area contributed by atoms with Gasteiger partial charge in [-0.2, -0.15) is 0 Å². The Labute approximate surface area is 142 Å². The van der Waals surface area contributed by atoms with Crippen molar-refractivity contribution >= 4 is 5.97 Å². The number of cyclic esters (lactones) is 1. The lowest BCUT2D eigenvalue weighted by Gasteiger charge is -2.34. The molecule has 6 heteroatoms. The van der Waals surface area contributed by atoms with Crippen LogP contribution in [-0.4, -0.2) is 48.6 Å². The van der Waals surface area contributed by atoms with Crippen molar-refractivity contribution in [3.05, 3.63) is 0 Å². The molecule has 5 aliphatic rings. The predicted octanol–water partition coefficient (Wildman–Crippen LogP) is 2.43. The molecule has 3 heterocycles. The molecule has 0 bridgehead atoms. The third kappa shape index (κ3) is 2.42. The molecular weight excluding hydrogens is 312 g/mol. The van der Waals surface area contributed by atoms with Crippen LogP contribution >= 0.6 is 0 Å². The Hall–Kier alpha value is -0.690. The molecule has 0 amide bonds. The maximum Gasteiger partial charge on any atom is 0.338 e. The van der Waals surface area contributed by atoms with E-state index >= 15 is 0 Å². The first-order valence-corrected chi connectivity index (χ1v) is 9.57. The zero-order valence-electron chi connectivity index (χ0n) is 14.0. The molecule has 3 aliphatic heterocycles. The number of esters is 1. The lowest BCUT2D eigenvalue weighted by atomic mass is 9.94. The summed E-state index contributed by atoms with van der Waals surface area (Å²) in [5.74, 6) is -1.34. The van der Waals surface area contributed by atoms with Gasteiger partial charge in [-0.15, -0.1) is 0 Å². The van der Waals surface area contributed by atoms with E-state index in [4.69, 9.17) is 23.7 Å². The summed E-state index contributed by atoms with van der Waals surface area (Å²) in [6.07, 6.45) is 8.87. The molecule has 4 atom stereocenters. The average molecular weight is 338 g/mol. The maximum absolute atomic E-state index is 12.3. The largest absolute Gasteiger partial charge is 0.455 e. The lowest BCUT2D eigenvalue weighted by Crippen LogP contribution is -2.43. The zero-order chi connectivity index (χ0) is 16.2. The van der Waals surface area contributed by atoms with Crippen LogP contribution in [0.5, 0.6) is 0 Å². The summed E-state index contributed by atoms with van der Waals surface area (Å²) in [6.45, 7) is 0.470. The van der Waals surface area contributed by atoms with Crippen LogP contribution in [0.25, 0.3) is 0 Å². The fourth-order valence-electron chi connectivity index (χ4n) is 5.03. The van der Waals surface area contributed by atoms with E-state index < -0.39 is 23.8 Å². The smallest absolute Gasteiger partial charge is 0.338 e. The van der Waals surface area contributed by atoms with E-state index in [1.165, 1.54) is 12.8 Å². The Kier molecular flexibility index (Phi) is 3.67. The van der Waals surface area contributed by atoms with Gasteiger partial charge in [0.15, 0.2) is 23.8 Å². The van der Waals surface area contributed by atoms with Crippen molar-refractivity contribution < 1.29 is 28.5 Å². The molecule has 0 N–H and O–H groups in total. The second-order valence-corrected chi connectivity index (χ2v) is 7.93. The Morgan fingerprint density at radius 1 is 0.750 bits per heavy atom. The molecule has 3 saturated heterocycles. The van der Waals surface area contributed by atoms with Crippen LogP contribution in [0.15, 0.2) is 0 Å². The Balaban J connectivity index is 1.31. The van der Waals surface area contributed by atoms with E-state index in [-0.39, 0.29) is 18.2 Å². The number of rotatable bonds is 1. The first kappa shape index (κ1) is 15.6. The molecule has 6 nitrogen and oxygen atoms in total. The van der Waals surface area contributed by atoms with Crippen LogP contribution in [0.2, 0.25) is 0 Å². The van der Waals surface area contributed by atoms with Gasteiger partial charge < -0.3 is 23.7 Å². The van der Waals surface area contributed by atoms with Crippen LogP contribution in [-0.2, 0) is 28.5 Å². The normalized spacial score (nSPS) is 43.2. The Morgan fingerprint density at radius 2 is 1.42 bits per heavy atom. The molecule has 2 saturated carbocycles. The highest BCUT2D eigenvalue weighted by atomic mass is 16.8. The topological polar surface area (TPSA) is 63.2 Å². The van der Waals surface area contributed by atoms with Crippen molar-refractivity contribution in [3.63, 3.8) is 0 Å². The summed E-state index contributed by atoms with van der Waals surface area (Å²) in [4.78, 5) is 12.3. The molecule has 24 heavy (non-hydrogen) atoms. The fourth-order valence-corrected chi connectivity index (χ4v) is 5.03. The molecule has 0 radical (unpaired) electrons. The second-order valence-electron chi connectivity index (χ2n) is 7.93. The van der Waals surface area contributed by atoms with E-state index in [2.05, 4.69) is 0 Å². The first-order chi connectivity index (χ1) is 11.7. The van der Waals surface area contributed by atoms with Gasteiger partial charge in [-0.3, -0.25) is 0 Å². The number of carbonyl (C=O) groups excluding carboxylic acids is 1. The quantitative estimate of drug-likeness (QED) is 0.684. The van der Waals surface area contributed by atoms with Gasteiger partial charge in [-0.05, 0) is 25.7 Å². The molecule has 0 aromatic carbocycles. The summed E-state index contributed by atoms with van der Waals surface area (Å²) in [6, 6.07) is 0. The monoisotopic (exact) mass is 338 g/mol. The highest BCUT2D eigenvalue weighted by molar-refractivity contribution is 5.78. The molecular formula is C18H26O6. The van der Waals surface area contributed by atoms with Crippen LogP contribution < -0.4 is 0 Å². The SMILES string of the molecule is O=C1OC(C2COC3(CCCCC3)O2)[C@H]2OC3(CCCCC3)O[C@@H]12. The van der Waals surface area contributed by atoms with Gasteiger partial charge in [0.1, 0.15) is 12.2 Å². The zero-order valence-corrected chi connectivity index (χ0v) is 14.0. The second kappa shape index (κ2) is 5.66. The molecule has 2 unspecified atom stereocenters. The number of carbonyl (C=O) groups is 1. The van der Waals surface area contributed by atoms with Gasteiger partial charge in [0.2, 0.25) is 0 Å². The molecule has 5 fully saturated rings. The summed E-state index contributed by atoms with van der Waals surface area (Å²) in [7, 11) is 0. The van der Waals surface area contributed by atoms with Gasteiger partial charge in [-0.1, -0.05) is 12.8 Å². The lowest BCUT2D eigenvalue weighted by molar-refractivity contribution is -0.230. The summed E-state index contributed by atoms with van der Waals surface area (Å²) < 4.78 is 30.2. The van der Waals surface area contributed by atoms with Crippen molar-refractivity contribution in [2.75, 3.05) is 6.61 Å². The van der Waals surface area contributed by atoms with Gasteiger partial charge in [0.25, 0.3) is 0 Å². The first-order valence-electron chi connectivity index (χ1n) is 9.57. The van der Waals surface area contributed by atoms with Gasteiger partial charge in [0.05, 0.1) is 6.61 Å². The Bertz CT molecular complexity index is 508. The van der Waals surface area contributed by atoms with Crippen molar-refractivity contribution in [2.45, 2.75) is 100 Å². The van der Waals surface area contributed by atoms with E-state index in [1.807, 2.05) is 0 Å². The standard InChI is InChI=1S/C18H26O6/c19-16-15-14(23-18(24-15)9-5-2-6-10-18)13(21-16)12-11-20-17(22-12)7-3-1-4-8-17/h12-15H,1-11H2/t12?,13?,14-,15-/m1/s1.